The van der Waals surface area contributed by atoms with Crippen LogP contribution in [0.15, 0.2) is 0 Å². The van der Waals surface area contributed by atoms with Gasteiger partial charge in [0.15, 0.2) is 0 Å². The quantitative estimate of drug-likeness (QED) is 0.0255. The summed E-state index contributed by atoms with van der Waals surface area (Å²) in [4.78, 5) is 0. The summed E-state index contributed by atoms with van der Waals surface area (Å²) in [7, 11) is -9.13. The smallest absolute Gasteiger partial charge is 0.726 e. The van der Waals surface area contributed by atoms with Crippen molar-refractivity contribution in [3.63, 3.8) is 0 Å². The van der Waals surface area contributed by atoms with Crippen LogP contribution < -0.4 is 0 Å². The predicted octanol–water partition coefficient (Wildman–Crippen LogP) is 18.6. The van der Waals surface area contributed by atoms with Gasteiger partial charge in [-0.3, -0.25) is 8.37 Å². The molecule has 400 valence electrons. The van der Waals surface area contributed by atoms with Crippen LogP contribution in [0.5, 0.6) is 0 Å². The fraction of sp³-hybridized carbons (Fsp3) is 1.00. The fourth-order valence-electron chi connectivity index (χ4n) is 9.37. The molecule has 0 saturated heterocycles. The Morgan fingerprint density at radius 1 is 0.269 bits per heavy atom. The molecule has 8 nitrogen and oxygen atoms in total. The monoisotopic (exact) mass is 1020 g/mol. The zero-order valence-electron chi connectivity index (χ0n) is 45.3. The van der Waals surface area contributed by atoms with Crippen molar-refractivity contribution in [1.82, 2.24) is 0 Å². The van der Waals surface area contributed by atoms with Crippen LogP contribution in [-0.4, -0.2) is 76.9 Å². The second-order valence-corrected chi connectivity index (χ2v) is 22.5. The van der Waals surface area contributed by atoms with Gasteiger partial charge in [-0.1, -0.05) is 310 Å². The molecule has 0 N–H and O–H groups in total. The molecule has 0 aromatic carbocycles. The first-order valence-electron chi connectivity index (χ1n) is 29.2. The molecule has 0 aliphatic heterocycles. The van der Waals surface area contributed by atoms with Crippen molar-refractivity contribution in [3.8, 4) is 0 Å². The Balaban J connectivity index is -0.00000120. The topological polar surface area (TPSA) is 133 Å². The minimum Gasteiger partial charge on any atom is -0.726 e. The van der Waals surface area contributed by atoms with Gasteiger partial charge in [-0.25, -0.2) is 16.8 Å². The standard InChI is InChI=1S/2C28H58O4S.Ca/c2*1-3-5-7-9-10-11-12-13-14-15-16-17-18-19-20-21-22-24-26-28(25-23-8-6-4-2)27-32-33(29,30)31;/h2*28H,3-27H2,1-2H3,(H,29,30,31);/q;;+2/p-2. The summed E-state index contributed by atoms with van der Waals surface area (Å²) in [5.74, 6) is 0.401. The number of hydrogen-bond donors (Lipinski definition) is 0. The van der Waals surface area contributed by atoms with E-state index < -0.39 is 20.8 Å². The van der Waals surface area contributed by atoms with E-state index in [4.69, 9.17) is 0 Å². The van der Waals surface area contributed by atoms with Crippen LogP contribution in [0.1, 0.15) is 336 Å². The molecule has 11 heteroatoms. The van der Waals surface area contributed by atoms with Gasteiger partial charge in [-0.05, 0) is 37.5 Å². The van der Waals surface area contributed by atoms with Gasteiger partial charge < -0.3 is 9.11 Å². The van der Waals surface area contributed by atoms with Crippen molar-refractivity contribution in [2.45, 2.75) is 336 Å². The van der Waals surface area contributed by atoms with Gasteiger partial charge in [0, 0.05) is 0 Å². The molecule has 0 heterocycles. The normalized spacial score (nSPS) is 12.7. The van der Waals surface area contributed by atoms with E-state index in [9.17, 15) is 25.9 Å². The first-order valence-corrected chi connectivity index (χ1v) is 31.9. The third kappa shape index (κ3) is 67.0. The van der Waals surface area contributed by atoms with E-state index >= 15 is 0 Å². The number of hydrogen-bond acceptors (Lipinski definition) is 8. The van der Waals surface area contributed by atoms with Crippen LogP contribution >= 0.6 is 0 Å². The molecular formula is C56H114CaO8S2. The van der Waals surface area contributed by atoms with Crippen molar-refractivity contribution >= 4 is 58.5 Å². The van der Waals surface area contributed by atoms with Crippen molar-refractivity contribution in [1.29, 1.82) is 0 Å². The van der Waals surface area contributed by atoms with E-state index in [-0.39, 0.29) is 62.8 Å². The third-order valence-corrected chi connectivity index (χ3v) is 14.6. The summed E-state index contributed by atoms with van der Waals surface area (Å²) in [6.07, 6.45) is 62.4. The molecule has 0 aliphatic carbocycles. The SMILES string of the molecule is CCCCCCCCCCCCCCCCCCCCC(CCCCCC)COS(=O)(=O)[O-].CCCCCCCCCCCCCCCCCCCCC(CCCCCC)COS(=O)(=O)[O-].[Ca+2]. The fourth-order valence-corrected chi connectivity index (χ4v) is 10.1. The predicted molar refractivity (Wildman–Crippen MR) is 288 cm³/mol. The van der Waals surface area contributed by atoms with Crippen LogP contribution in [-0.2, 0) is 29.2 Å². The first-order chi connectivity index (χ1) is 32.0. The molecule has 0 aromatic heterocycles. The Morgan fingerprint density at radius 3 is 0.552 bits per heavy atom. The van der Waals surface area contributed by atoms with Crippen molar-refractivity contribution in [2.75, 3.05) is 13.2 Å². The van der Waals surface area contributed by atoms with Crippen molar-refractivity contribution in [3.05, 3.63) is 0 Å². The maximum Gasteiger partial charge on any atom is 2.00 e. The Morgan fingerprint density at radius 2 is 0.403 bits per heavy atom. The number of unbranched alkanes of at least 4 members (excludes halogenated alkanes) is 40. The maximum absolute atomic E-state index is 10.8. The molecule has 0 saturated carbocycles. The largest absolute Gasteiger partial charge is 2.00 e. The molecule has 0 fully saturated rings. The van der Waals surface area contributed by atoms with E-state index in [1.54, 1.807) is 0 Å². The Hall–Kier alpha value is 1.000. The first kappa shape index (κ1) is 72.2. The summed E-state index contributed by atoms with van der Waals surface area (Å²) >= 11 is 0. The summed E-state index contributed by atoms with van der Waals surface area (Å²) < 4.78 is 73.8. The van der Waals surface area contributed by atoms with Crippen molar-refractivity contribution in [2.24, 2.45) is 11.8 Å². The molecule has 0 aliphatic rings. The molecule has 67 heavy (non-hydrogen) atoms. The van der Waals surface area contributed by atoms with E-state index in [0.29, 0.717) is 0 Å². The molecule has 0 radical (unpaired) electrons. The minimum absolute atomic E-state index is 0. The van der Waals surface area contributed by atoms with Gasteiger partial charge in [-0.2, -0.15) is 0 Å². The maximum atomic E-state index is 10.8. The van der Waals surface area contributed by atoms with E-state index in [2.05, 4.69) is 36.1 Å². The average Bonchev–Trinajstić information content (AvgIpc) is 3.28. The van der Waals surface area contributed by atoms with E-state index in [0.717, 1.165) is 51.4 Å². The van der Waals surface area contributed by atoms with Crippen LogP contribution in [0, 0.1) is 11.8 Å². The molecule has 0 bridgehead atoms. The Bertz CT molecular complexity index is 1050. The van der Waals surface area contributed by atoms with E-state index in [1.807, 2.05) is 0 Å². The average molecular weight is 1020 g/mol. The zero-order chi connectivity index (χ0) is 48.9. The van der Waals surface area contributed by atoms with Gasteiger partial charge >= 0.3 is 37.7 Å². The summed E-state index contributed by atoms with van der Waals surface area (Å²) in [5, 5.41) is 0. The van der Waals surface area contributed by atoms with Crippen LogP contribution in [0.3, 0.4) is 0 Å². The van der Waals surface area contributed by atoms with Crippen LogP contribution in [0.2, 0.25) is 0 Å². The second kappa shape index (κ2) is 57.9. The second-order valence-electron chi connectivity index (χ2n) is 20.4. The molecule has 0 aromatic rings. The van der Waals surface area contributed by atoms with Gasteiger partial charge in [0.1, 0.15) is 0 Å². The van der Waals surface area contributed by atoms with Crippen LogP contribution in [0.25, 0.3) is 0 Å². The van der Waals surface area contributed by atoms with Gasteiger partial charge in [0.25, 0.3) is 0 Å². The minimum atomic E-state index is -4.57. The molecule has 0 amide bonds. The number of rotatable bonds is 54. The van der Waals surface area contributed by atoms with Gasteiger partial charge in [0.2, 0.25) is 20.8 Å². The summed E-state index contributed by atoms with van der Waals surface area (Å²) in [6.45, 7) is 9.06. The van der Waals surface area contributed by atoms with Crippen molar-refractivity contribution < 1.29 is 34.3 Å². The zero-order valence-corrected chi connectivity index (χ0v) is 49.1. The molecule has 2 unspecified atom stereocenters. The summed E-state index contributed by atoms with van der Waals surface area (Å²) in [5.41, 5.74) is 0. The molecular weight excluding hydrogens is 905 g/mol. The van der Waals surface area contributed by atoms with Crippen LogP contribution in [0.4, 0.5) is 0 Å². The van der Waals surface area contributed by atoms with E-state index in [1.165, 1.54) is 257 Å². The molecule has 0 spiro atoms. The summed E-state index contributed by atoms with van der Waals surface area (Å²) in [6, 6.07) is 0. The third-order valence-electron chi connectivity index (χ3n) is 13.8. The molecule has 2 atom stereocenters. The van der Waals surface area contributed by atoms with Gasteiger partial charge in [0.05, 0.1) is 13.2 Å². The molecule has 0 rings (SSSR count). The Kier molecular flexibility index (Phi) is 62.4. The Labute approximate surface area is 450 Å². The van der Waals surface area contributed by atoms with Gasteiger partial charge in [-0.15, -0.1) is 0 Å².